The number of carbonyl (C=O) groups excluding carboxylic acids is 1. The van der Waals surface area contributed by atoms with Gasteiger partial charge in [0.25, 0.3) is 0 Å². The minimum atomic E-state index is 0.200. The van der Waals surface area contributed by atoms with Crippen LogP contribution in [-0.4, -0.2) is 5.78 Å². The van der Waals surface area contributed by atoms with Crippen molar-refractivity contribution in [2.45, 2.75) is 39.0 Å². The summed E-state index contributed by atoms with van der Waals surface area (Å²) in [6.07, 6.45) is 9.09. The van der Waals surface area contributed by atoms with Crippen LogP contribution in [0.1, 0.15) is 50.2 Å². The van der Waals surface area contributed by atoms with Gasteiger partial charge < -0.3 is 0 Å². The molecule has 1 aliphatic carbocycles. The second-order valence-corrected chi connectivity index (χ2v) is 5.12. The molecular formula is C18H19NO. The molecule has 102 valence electrons. The van der Waals surface area contributed by atoms with Crippen LogP contribution in [0.25, 0.3) is 6.08 Å². The Morgan fingerprint density at radius 1 is 1.25 bits per heavy atom. The molecule has 1 aromatic rings. The highest BCUT2D eigenvalue weighted by Crippen LogP contribution is 2.26. The van der Waals surface area contributed by atoms with Crippen LogP contribution in [-0.2, 0) is 4.79 Å². The van der Waals surface area contributed by atoms with Gasteiger partial charge in [0.2, 0.25) is 0 Å². The fourth-order valence-electron chi connectivity index (χ4n) is 2.39. The van der Waals surface area contributed by atoms with Gasteiger partial charge in [-0.05, 0) is 48.6 Å². The van der Waals surface area contributed by atoms with Crippen LogP contribution in [0.15, 0.2) is 41.5 Å². The predicted octanol–water partition coefficient (Wildman–Crippen LogP) is 4.42. The minimum absolute atomic E-state index is 0.200. The quantitative estimate of drug-likeness (QED) is 0.584. The Balaban J connectivity index is 2.02. The zero-order valence-electron chi connectivity index (χ0n) is 11.9. The highest BCUT2D eigenvalue weighted by Gasteiger charge is 2.19. The van der Waals surface area contributed by atoms with E-state index in [4.69, 9.17) is 5.26 Å². The first-order valence-electron chi connectivity index (χ1n) is 7.19. The van der Waals surface area contributed by atoms with E-state index < -0.39 is 0 Å². The lowest BCUT2D eigenvalue weighted by atomic mass is 10.0. The summed E-state index contributed by atoms with van der Waals surface area (Å²) in [5, 5.41) is 8.76. The molecule has 20 heavy (non-hydrogen) atoms. The Morgan fingerprint density at radius 2 is 2.00 bits per heavy atom. The van der Waals surface area contributed by atoms with Gasteiger partial charge in [0.1, 0.15) is 0 Å². The number of unbranched alkanes of at least 4 members (excludes halogenated alkanes) is 2. The number of nitrogens with zero attached hydrogens (tertiary/aromatic N) is 1. The first kappa shape index (κ1) is 14.3. The maximum atomic E-state index is 12.2. The van der Waals surface area contributed by atoms with Crippen LogP contribution in [0.5, 0.6) is 0 Å². The summed E-state index contributed by atoms with van der Waals surface area (Å²) in [4.78, 5) is 12.2. The number of Topliss-reactive ketones (excluding diaryl/α,β-unsaturated/α-hetero) is 1. The SMILES string of the molecule is CCCCCC1=CC/C(=C\c2ccc(C#N)cc2)C1=O. The van der Waals surface area contributed by atoms with Crippen LogP contribution in [0.3, 0.4) is 0 Å². The molecule has 2 nitrogen and oxygen atoms in total. The monoisotopic (exact) mass is 265 g/mol. The molecule has 1 aliphatic rings. The lowest BCUT2D eigenvalue weighted by Gasteiger charge is -2.01. The number of hydrogen-bond donors (Lipinski definition) is 0. The molecule has 0 aromatic heterocycles. The Hall–Kier alpha value is -2.14. The van der Waals surface area contributed by atoms with Crippen LogP contribution in [0, 0.1) is 11.3 Å². The van der Waals surface area contributed by atoms with Crippen molar-refractivity contribution < 1.29 is 4.79 Å². The number of hydrogen-bond acceptors (Lipinski definition) is 2. The molecule has 0 N–H and O–H groups in total. The van der Waals surface area contributed by atoms with Crippen LogP contribution < -0.4 is 0 Å². The molecule has 0 heterocycles. The third kappa shape index (κ3) is 3.45. The molecule has 0 aliphatic heterocycles. The average molecular weight is 265 g/mol. The summed E-state index contributed by atoms with van der Waals surface area (Å²) in [5.74, 6) is 0.200. The van der Waals surface area contributed by atoms with Crippen molar-refractivity contribution in [1.82, 2.24) is 0 Å². The number of benzene rings is 1. The van der Waals surface area contributed by atoms with Gasteiger partial charge >= 0.3 is 0 Å². The maximum absolute atomic E-state index is 12.2. The smallest absolute Gasteiger partial charge is 0.185 e. The highest BCUT2D eigenvalue weighted by molar-refractivity contribution is 6.13. The Morgan fingerprint density at radius 3 is 2.65 bits per heavy atom. The van der Waals surface area contributed by atoms with Gasteiger partial charge in [0, 0.05) is 5.57 Å². The van der Waals surface area contributed by atoms with Crippen LogP contribution >= 0.6 is 0 Å². The molecule has 0 amide bonds. The average Bonchev–Trinajstić information content (AvgIpc) is 2.81. The molecule has 0 unspecified atom stereocenters. The van der Waals surface area contributed by atoms with Crippen LogP contribution in [0.4, 0.5) is 0 Å². The van der Waals surface area contributed by atoms with Gasteiger partial charge in [-0.15, -0.1) is 0 Å². The van der Waals surface area contributed by atoms with E-state index in [9.17, 15) is 4.79 Å². The van der Waals surface area contributed by atoms with Crippen molar-refractivity contribution >= 4 is 11.9 Å². The Labute approximate surface area is 120 Å². The van der Waals surface area contributed by atoms with Gasteiger partial charge in [0.05, 0.1) is 11.6 Å². The largest absolute Gasteiger partial charge is 0.289 e. The van der Waals surface area contributed by atoms with E-state index in [1.54, 1.807) is 12.1 Å². The fraction of sp³-hybridized carbons (Fsp3) is 0.333. The molecule has 0 fully saturated rings. The number of ketones is 1. The molecule has 2 heteroatoms. The molecule has 0 radical (unpaired) electrons. The summed E-state index contributed by atoms with van der Waals surface area (Å²) < 4.78 is 0. The minimum Gasteiger partial charge on any atom is -0.289 e. The number of allylic oxidation sites excluding steroid dienone is 3. The predicted molar refractivity (Wildman–Crippen MR) is 81.0 cm³/mol. The molecular weight excluding hydrogens is 246 g/mol. The lowest BCUT2D eigenvalue weighted by Crippen LogP contribution is -1.99. The number of carbonyl (C=O) groups is 1. The molecule has 0 saturated heterocycles. The Bertz CT molecular complexity index is 585. The normalized spacial score (nSPS) is 16.3. The zero-order valence-corrected chi connectivity index (χ0v) is 11.9. The van der Waals surface area contributed by atoms with Crippen molar-refractivity contribution in [2.75, 3.05) is 0 Å². The second-order valence-electron chi connectivity index (χ2n) is 5.12. The molecule has 0 atom stereocenters. The summed E-state index contributed by atoms with van der Waals surface area (Å²) in [6, 6.07) is 9.42. The van der Waals surface area contributed by atoms with E-state index in [0.717, 1.165) is 36.0 Å². The van der Waals surface area contributed by atoms with Gasteiger partial charge in [-0.2, -0.15) is 5.26 Å². The van der Waals surface area contributed by atoms with Crippen molar-refractivity contribution in [3.8, 4) is 6.07 Å². The van der Waals surface area contributed by atoms with Gasteiger partial charge in [-0.3, -0.25) is 4.79 Å². The van der Waals surface area contributed by atoms with Crippen molar-refractivity contribution in [1.29, 1.82) is 5.26 Å². The molecule has 0 saturated carbocycles. The fourth-order valence-corrected chi connectivity index (χ4v) is 2.39. The van der Waals surface area contributed by atoms with Crippen LogP contribution in [0.2, 0.25) is 0 Å². The first-order chi connectivity index (χ1) is 9.74. The van der Waals surface area contributed by atoms with Gasteiger partial charge in [0.15, 0.2) is 5.78 Å². The zero-order chi connectivity index (χ0) is 14.4. The van der Waals surface area contributed by atoms with Gasteiger partial charge in [-0.25, -0.2) is 0 Å². The standard InChI is InChI=1S/C18H19NO/c1-2-3-4-5-16-10-11-17(18(16)20)12-14-6-8-15(13-19)9-7-14/h6-10,12H,2-5,11H2,1H3/b17-12+. The topological polar surface area (TPSA) is 40.9 Å². The van der Waals surface area contributed by atoms with E-state index in [1.807, 2.05) is 18.2 Å². The number of nitriles is 1. The third-order valence-corrected chi connectivity index (χ3v) is 3.58. The summed E-state index contributed by atoms with van der Waals surface area (Å²) in [7, 11) is 0. The van der Waals surface area contributed by atoms with Crippen molar-refractivity contribution in [3.05, 3.63) is 52.6 Å². The summed E-state index contributed by atoms with van der Waals surface area (Å²) >= 11 is 0. The second kappa shape index (κ2) is 6.86. The van der Waals surface area contributed by atoms with Crippen molar-refractivity contribution in [2.24, 2.45) is 0 Å². The molecule has 0 bridgehead atoms. The summed E-state index contributed by atoms with van der Waals surface area (Å²) in [5.41, 5.74) is 3.46. The van der Waals surface area contributed by atoms with E-state index in [-0.39, 0.29) is 5.78 Å². The highest BCUT2D eigenvalue weighted by atomic mass is 16.1. The molecule has 2 rings (SSSR count). The Kier molecular flexibility index (Phi) is 4.90. The number of rotatable bonds is 5. The van der Waals surface area contributed by atoms with Gasteiger partial charge in [-0.1, -0.05) is 38.0 Å². The van der Waals surface area contributed by atoms with E-state index in [0.29, 0.717) is 5.56 Å². The molecule has 1 aromatic carbocycles. The van der Waals surface area contributed by atoms with E-state index in [2.05, 4.69) is 19.1 Å². The van der Waals surface area contributed by atoms with E-state index >= 15 is 0 Å². The maximum Gasteiger partial charge on any atom is 0.185 e. The first-order valence-corrected chi connectivity index (χ1v) is 7.19. The third-order valence-electron chi connectivity index (χ3n) is 3.58. The lowest BCUT2D eigenvalue weighted by molar-refractivity contribution is -0.112. The molecule has 0 spiro atoms. The summed E-state index contributed by atoms with van der Waals surface area (Å²) in [6.45, 7) is 2.17. The van der Waals surface area contributed by atoms with E-state index in [1.165, 1.54) is 12.8 Å². The van der Waals surface area contributed by atoms with Crippen molar-refractivity contribution in [3.63, 3.8) is 0 Å².